The molecular weight excluding hydrogens is 190 g/mol. The predicted octanol–water partition coefficient (Wildman–Crippen LogP) is 2.15. The Morgan fingerprint density at radius 2 is 1.80 bits per heavy atom. The molecule has 0 bridgehead atoms. The number of hydrazone groups is 1. The first-order valence-corrected chi connectivity index (χ1v) is 5.85. The van der Waals surface area contributed by atoms with E-state index in [0.29, 0.717) is 5.41 Å². The van der Waals surface area contributed by atoms with E-state index in [0.717, 1.165) is 6.42 Å². The molecular formula is C11H19N3O. The van der Waals surface area contributed by atoms with Crippen molar-refractivity contribution in [2.24, 2.45) is 16.3 Å². The minimum absolute atomic E-state index is 0.306. The Labute approximate surface area is 90.3 Å². The van der Waals surface area contributed by atoms with Crippen LogP contribution in [0.4, 0.5) is 4.79 Å². The molecule has 2 amide bonds. The molecule has 0 radical (unpaired) electrons. The average Bonchev–Trinajstić information content (AvgIpc) is 2.66. The first-order valence-electron chi connectivity index (χ1n) is 5.85. The largest absolute Gasteiger partial charge is 0.350 e. The van der Waals surface area contributed by atoms with Crippen LogP contribution in [0.3, 0.4) is 0 Å². The Balaban J connectivity index is 2.12. The van der Waals surface area contributed by atoms with Crippen LogP contribution < -0.4 is 11.2 Å². The number of rotatable bonds is 1. The summed E-state index contributed by atoms with van der Waals surface area (Å²) in [5.41, 5.74) is 8.92. The van der Waals surface area contributed by atoms with Crippen molar-refractivity contribution < 1.29 is 4.79 Å². The summed E-state index contributed by atoms with van der Waals surface area (Å²) >= 11 is 0. The van der Waals surface area contributed by atoms with Gasteiger partial charge in [0.05, 0.1) is 0 Å². The molecule has 0 saturated heterocycles. The second-order valence-corrected chi connectivity index (χ2v) is 4.73. The molecule has 3 N–H and O–H groups in total. The molecule has 0 aromatic carbocycles. The molecule has 1 spiro atoms. The number of urea groups is 1. The van der Waals surface area contributed by atoms with E-state index in [1.165, 1.54) is 50.7 Å². The van der Waals surface area contributed by atoms with Gasteiger partial charge < -0.3 is 5.73 Å². The molecule has 0 aliphatic heterocycles. The fourth-order valence-corrected chi connectivity index (χ4v) is 3.05. The minimum atomic E-state index is -0.554. The average molecular weight is 209 g/mol. The zero-order valence-electron chi connectivity index (χ0n) is 9.09. The Morgan fingerprint density at radius 1 is 1.20 bits per heavy atom. The van der Waals surface area contributed by atoms with E-state index >= 15 is 0 Å². The first kappa shape index (κ1) is 10.5. The van der Waals surface area contributed by atoms with E-state index in [4.69, 9.17) is 5.73 Å². The Bertz CT molecular complexity index is 280. The quantitative estimate of drug-likeness (QED) is 0.638. The molecule has 0 heterocycles. The summed E-state index contributed by atoms with van der Waals surface area (Å²) in [6, 6.07) is -0.554. The predicted molar refractivity (Wildman–Crippen MR) is 59.5 cm³/mol. The van der Waals surface area contributed by atoms with Crippen molar-refractivity contribution >= 4 is 11.7 Å². The smallest absolute Gasteiger partial charge is 0.332 e. The van der Waals surface area contributed by atoms with Gasteiger partial charge in [-0.15, -0.1) is 0 Å². The number of primary amides is 1. The van der Waals surface area contributed by atoms with E-state index < -0.39 is 6.03 Å². The number of nitrogens with zero attached hydrogens (tertiary/aromatic N) is 1. The molecule has 0 unspecified atom stereocenters. The number of carbonyl (C=O) groups excluding carboxylic acids is 1. The van der Waals surface area contributed by atoms with Crippen LogP contribution in [0.25, 0.3) is 0 Å². The lowest BCUT2D eigenvalue weighted by Crippen LogP contribution is -2.35. The fourth-order valence-electron chi connectivity index (χ4n) is 3.05. The van der Waals surface area contributed by atoms with Crippen molar-refractivity contribution in [3.05, 3.63) is 0 Å². The number of nitrogens with two attached hydrogens (primary N) is 1. The first-order chi connectivity index (χ1) is 7.23. The van der Waals surface area contributed by atoms with E-state index in [1.807, 2.05) is 0 Å². The number of hydrogen-bond donors (Lipinski definition) is 2. The van der Waals surface area contributed by atoms with Gasteiger partial charge in [0.2, 0.25) is 0 Å². The van der Waals surface area contributed by atoms with Crippen molar-refractivity contribution in [2.75, 3.05) is 0 Å². The standard InChI is InChI=1S/C11H19N3O/c12-10(15)14-13-9-5-1-2-6-11(9)7-3-4-8-11/h1-8H2,(H3,12,14,15). The Morgan fingerprint density at radius 3 is 2.40 bits per heavy atom. The normalized spacial score (nSPS) is 27.1. The van der Waals surface area contributed by atoms with Gasteiger partial charge in [0, 0.05) is 11.1 Å². The molecule has 2 rings (SSSR count). The van der Waals surface area contributed by atoms with Crippen molar-refractivity contribution in [3.63, 3.8) is 0 Å². The zero-order valence-corrected chi connectivity index (χ0v) is 9.09. The molecule has 84 valence electrons. The Kier molecular flexibility index (Phi) is 2.93. The van der Waals surface area contributed by atoms with Crippen LogP contribution in [-0.4, -0.2) is 11.7 Å². The van der Waals surface area contributed by atoms with Crippen LogP contribution in [0.5, 0.6) is 0 Å². The fraction of sp³-hybridized carbons (Fsp3) is 0.818. The number of carbonyl (C=O) groups is 1. The molecule has 2 aliphatic carbocycles. The number of nitrogens with one attached hydrogen (secondary N) is 1. The van der Waals surface area contributed by atoms with Gasteiger partial charge in [0.15, 0.2) is 0 Å². The van der Waals surface area contributed by atoms with Crippen molar-refractivity contribution in [3.8, 4) is 0 Å². The summed E-state index contributed by atoms with van der Waals surface area (Å²) in [6.45, 7) is 0. The van der Waals surface area contributed by atoms with Crippen LogP contribution in [0.2, 0.25) is 0 Å². The van der Waals surface area contributed by atoms with Crippen molar-refractivity contribution in [1.29, 1.82) is 0 Å². The third-order valence-corrected chi connectivity index (χ3v) is 3.79. The number of hydrogen-bond acceptors (Lipinski definition) is 2. The maximum absolute atomic E-state index is 10.6. The SMILES string of the molecule is NC(=O)NN=C1CCCCC12CCCC2. The third-order valence-electron chi connectivity index (χ3n) is 3.79. The number of amides is 2. The van der Waals surface area contributed by atoms with Gasteiger partial charge in [-0.05, 0) is 32.1 Å². The maximum Gasteiger partial charge on any atom is 0.332 e. The molecule has 0 atom stereocenters. The lowest BCUT2D eigenvalue weighted by atomic mass is 9.71. The minimum Gasteiger partial charge on any atom is -0.350 e. The van der Waals surface area contributed by atoms with Gasteiger partial charge in [-0.1, -0.05) is 19.3 Å². The molecule has 4 nitrogen and oxygen atoms in total. The van der Waals surface area contributed by atoms with E-state index in [-0.39, 0.29) is 0 Å². The van der Waals surface area contributed by atoms with E-state index in [9.17, 15) is 4.79 Å². The zero-order chi connectivity index (χ0) is 10.7. The highest BCUT2D eigenvalue weighted by Gasteiger charge is 2.40. The summed E-state index contributed by atoms with van der Waals surface area (Å²) in [6.07, 6.45) is 9.85. The molecule has 0 aromatic rings. The lowest BCUT2D eigenvalue weighted by Gasteiger charge is -2.34. The van der Waals surface area contributed by atoms with Gasteiger partial charge in [-0.2, -0.15) is 5.10 Å². The lowest BCUT2D eigenvalue weighted by molar-refractivity contribution is 0.249. The van der Waals surface area contributed by atoms with Crippen molar-refractivity contribution in [1.82, 2.24) is 5.43 Å². The van der Waals surface area contributed by atoms with Crippen molar-refractivity contribution in [2.45, 2.75) is 51.4 Å². The monoisotopic (exact) mass is 209 g/mol. The summed E-state index contributed by atoms with van der Waals surface area (Å²) in [7, 11) is 0. The van der Waals surface area contributed by atoms with Gasteiger partial charge >= 0.3 is 6.03 Å². The van der Waals surface area contributed by atoms with Crippen LogP contribution in [0, 0.1) is 5.41 Å². The van der Waals surface area contributed by atoms with Gasteiger partial charge in [0.25, 0.3) is 0 Å². The molecule has 2 saturated carbocycles. The topological polar surface area (TPSA) is 67.5 Å². The molecule has 2 fully saturated rings. The van der Waals surface area contributed by atoms with E-state index in [2.05, 4.69) is 10.5 Å². The highest BCUT2D eigenvalue weighted by Crippen LogP contribution is 2.47. The maximum atomic E-state index is 10.6. The second kappa shape index (κ2) is 4.21. The van der Waals surface area contributed by atoms with Crippen LogP contribution in [0.1, 0.15) is 51.4 Å². The van der Waals surface area contributed by atoms with Gasteiger partial charge in [0.1, 0.15) is 0 Å². The molecule has 4 heteroatoms. The van der Waals surface area contributed by atoms with Crippen LogP contribution in [0.15, 0.2) is 5.10 Å². The summed E-state index contributed by atoms with van der Waals surface area (Å²) in [4.78, 5) is 10.6. The highest BCUT2D eigenvalue weighted by atomic mass is 16.2. The van der Waals surface area contributed by atoms with Crippen LogP contribution >= 0.6 is 0 Å². The molecule has 15 heavy (non-hydrogen) atoms. The summed E-state index contributed by atoms with van der Waals surface area (Å²) < 4.78 is 0. The summed E-state index contributed by atoms with van der Waals surface area (Å²) in [5.74, 6) is 0. The summed E-state index contributed by atoms with van der Waals surface area (Å²) in [5, 5.41) is 4.21. The van der Waals surface area contributed by atoms with Gasteiger partial charge in [-0.3, -0.25) is 0 Å². The van der Waals surface area contributed by atoms with Crippen LogP contribution in [-0.2, 0) is 0 Å². The van der Waals surface area contributed by atoms with E-state index in [1.54, 1.807) is 0 Å². The molecule has 2 aliphatic rings. The Hall–Kier alpha value is -1.06. The highest BCUT2D eigenvalue weighted by molar-refractivity contribution is 5.91. The molecule has 0 aromatic heterocycles. The third kappa shape index (κ3) is 2.13. The van der Waals surface area contributed by atoms with Gasteiger partial charge in [-0.25, -0.2) is 10.2 Å². The second-order valence-electron chi connectivity index (χ2n) is 4.73.